The molecule has 1 aromatic rings. The van der Waals surface area contributed by atoms with Crippen molar-refractivity contribution in [3.8, 4) is 0 Å². The molecule has 7 heteroatoms. The summed E-state index contributed by atoms with van der Waals surface area (Å²) in [5.41, 5.74) is 0. The third kappa shape index (κ3) is 4.13. The Bertz CT molecular complexity index is 360. The van der Waals surface area contributed by atoms with Crippen LogP contribution < -0.4 is 5.32 Å². The number of halogens is 2. The maximum atomic E-state index is 11.0. The van der Waals surface area contributed by atoms with E-state index in [-0.39, 0.29) is 12.5 Å². The first-order valence-corrected chi connectivity index (χ1v) is 5.79. The normalized spacial score (nSPS) is 9.80. The quantitative estimate of drug-likeness (QED) is 0.670. The van der Waals surface area contributed by atoms with Gasteiger partial charge in [-0.1, -0.05) is 0 Å². The fourth-order valence-corrected chi connectivity index (χ4v) is 1.78. The van der Waals surface area contributed by atoms with Gasteiger partial charge in [-0.05, 0) is 38.8 Å². The van der Waals surface area contributed by atoms with Gasteiger partial charge >= 0.3 is 5.97 Å². The van der Waals surface area contributed by atoms with Crippen LogP contribution in [0, 0.1) is 0 Å². The Balaban J connectivity index is 2.54. The lowest BCUT2D eigenvalue weighted by atomic mass is 10.7. The summed E-state index contributed by atoms with van der Waals surface area (Å²) in [6.07, 6.45) is 1.54. The van der Waals surface area contributed by atoms with Crippen LogP contribution in [0.5, 0.6) is 0 Å². The number of esters is 1. The molecular weight excluding hydrogens is 332 g/mol. The standard InChI is InChI=1S/C8H9Br2N3O2/c1-2-15-6(14)4-12-8-7(10)13-5(9)3-11-8/h3H,2,4H2,1H3,(H,11,12)/i4+1,6+1. The molecule has 0 aliphatic rings. The number of hydrogen-bond donors (Lipinski definition) is 1. The molecular formula is C8H9Br2N3O2. The van der Waals surface area contributed by atoms with Gasteiger partial charge in [0.25, 0.3) is 0 Å². The van der Waals surface area contributed by atoms with E-state index in [1.807, 2.05) is 0 Å². The van der Waals surface area contributed by atoms with Gasteiger partial charge in [0, 0.05) is 0 Å². The van der Waals surface area contributed by atoms with Crippen molar-refractivity contribution in [3.05, 3.63) is 15.4 Å². The number of carbonyl (C=O) groups excluding carboxylic acids is 1. The van der Waals surface area contributed by atoms with Crippen LogP contribution in [0.25, 0.3) is 0 Å². The first-order valence-electron chi connectivity index (χ1n) is 4.21. The van der Waals surface area contributed by atoms with E-state index in [1.165, 1.54) is 6.20 Å². The number of hydrogen-bond acceptors (Lipinski definition) is 5. The second-order valence-electron chi connectivity index (χ2n) is 2.49. The minimum atomic E-state index is -0.325. The van der Waals surface area contributed by atoms with E-state index in [1.54, 1.807) is 6.92 Å². The maximum absolute atomic E-state index is 11.0. The minimum absolute atomic E-state index is 0.0722. The summed E-state index contributed by atoms with van der Waals surface area (Å²) >= 11 is 6.40. The van der Waals surface area contributed by atoms with Crippen molar-refractivity contribution in [2.45, 2.75) is 6.92 Å². The Labute approximate surface area is 104 Å². The monoisotopic (exact) mass is 339 g/mol. The molecule has 0 aliphatic carbocycles. The van der Waals surface area contributed by atoms with Crippen LogP contribution in [0.4, 0.5) is 5.82 Å². The summed E-state index contributed by atoms with van der Waals surface area (Å²) in [6, 6.07) is 0. The molecule has 0 aromatic carbocycles. The second kappa shape index (κ2) is 6.02. The molecule has 0 bridgehead atoms. The fraction of sp³-hybridized carbons (Fsp3) is 0.375. The van der Waals surface area contributed by atoms with Gasteiger partial charge in [-0.15, -0.1) is 0 Å². The second-order valence-corrected chi connectivity index (χ2v) is 4.05. The molecule has 0 spiro atoms. The molecule has 0 atom stereocenters. The molecule has 0 radical (unpaired) electrons. The summed E-state index contributed by atoms with van der Waals surface area (Å²) in [5.74, 6) is 0.181. The highest BCUT2D eigenvalue weighted by atomic mass is 79.9. The van der Waals surface area contributed by atoms with E-state index in [9.17, 15) is 4.79 Å². The molecule has 1 heterocycles. The van der Waals surface area contributed by atoms with Crippen LogP contribution in [-0.4, -0.2) is 29.1 Å². The lowest BCUT2D eigenvalue weighted by Gasteiger charge is -2.06. The van der Waals surface area contributed by atoms with Crippen molar-refractivity contribution < 1.29 is 9.53 Å². The van der Waals surface area contributed by atoms with E-state index >= 15 is 0 Å². The van der Waals surface area contributed by atoms with Gasteiger partial charge in [0.15, 0.2) is 5.82 Å². The highest BCUT2D eigenvalue weighted by Crippen LogP contribution is 2.18. The number of ether oxygens (including phenoxy) is 1. The topological polar surface area (TPSA) is 64.1 Å². The maximum Gasteiger partial charge on any atom is 0.325 e. The van der Waals surface area contributed by atoms with Crippen LogP contribution >= 0.6 is 31.9 Å². The number of anilines is 1. The van der Waals surface area contributed by atoms with Crippen LogP contribution in [0.3, 0.4) is 0 Å². The van der Waals surface area contributed by atoms with Crippen molar-refractivity contribution >= 4 is 43.6 Å². The van der Waals surface area contributed by atoms with Gasteiger partial charge < -0.3 is 10.1 Å². The van der Waals surface area contributed by atoms with Gasteiger partial charge in [-0.25, -0.2) is 9.97 Å². The van der Waals surface area contributed by atoms with E-state index < -0.39 is 0 Å². The molecule has 1 aromatic heterocycles. The Kier molecular flexibility index (Phi) is 4.97. The average molecular weight is 341 g/mol. The summed E-state index contributed by atoms with van der Waals surface area (Å²) in [7, 11) is 0. The Morgan fingerprint density at radius 1 is 1.60 bits per heavy atom. The molecule has 0 unspecified atom stereocenters. The molecule has 0 saturated carbocycles. The molecule has 1 rings (SSSR count). The number of nitrogens with one attached hydrogen (secondary N) is 1. The molecule has 15 heavy (non-hydrogen) atoms. The minimum Gasteiger partial charge on any atom is -0.465 e. The van der Waals surface area contributed by atoms with E-state index in [4.69, 9.17) is 4.74 Å². The highest BCUT2D eigenvalue weighted by Gasteiger charge is 2.06. The Morgan fingerprint density at radius 3 is 2.93 bits per heavy atom. The Hall–Kier alpha value is -0.690. The number of carbonyl (C=O) groups is 1. The molecule has 82 valence electrons. The van der Waals surface area contributed by atoms with Gasteiger partial charge in [-0.3, -0.25) is 4.79 Å². The van der Waals surface area contributed by atoms with Gasteiger partial charge in [0.05, 0.1) is 12.8 Å². The number of nitrogens with zero attached hydrogens (tertiary/aromatic N) is 2. The molecule has 5 nitrogen and oxygen atoms in total. The Morgan fingerprint density at radius 2 is 2.33 bits per heavy atom. The molecule has 0 amide bonds. The lowest BCUT2D eigenvalue weighted by Crippen LogP contribution is -2.17. The zero-order valence-corrected chi connectivity index (χ0v) is 11.1. The third-order valence-corrected chi connectivity index (χ3v) is 2.34. The van der Waals surface area contributed by atoms with Crippen molar-refractivity contribution in [1.82, 2.24) is 9.97 Å². The number of rotatable bonds is 4. The van der Waals surface area contributed by atoms with Crippen LogP contribution in [0.2, 0.25) is 0 Å². The van der Waals surface area contributed by atoms with Crippen LogP contribution in [0.15, 0.2) is 15.4 Å². The van der Waals surface area contributed by atoms with Crippen LogP contribution in [0.1, 0.15) is 6.92 Å². The average Bonchev–Trinajstić information content (AvgIpc) is 2.17. The van der Waals surface area contributed by atoms with Crippen molar-refractivity contribution in [1.29, 1.82) is 0 Å². The van der Waals surface area contributed by atoms with Crippen molar-refractivity contribution in [2.24, 2.45) is 0 Å². The molecule has 1 N–H and O–H groups in total. The van der Waals surface area contributed by atoms with Gasteiger partial charge in [0.2, 0.25) is 0 Å². The lowest BCUT2D eigenvalue weighted by molar-refractivity contribution is -0.140. The summed E-state index contributed by atoms with van der Waals surface area (Å²) in [6.45, 7) is 2.20. The first kappa shape index (κ1) is 12.4. The number of aromatic nitrogens is 2. The fourth-order valence-electron chi connectivity index (χ4n) is 0.833. The molecule has 0 saturated heterocycles. The predicted octanol–water partition coefficient (Wildman–Crippen LogP) is 1.98. The summed E-state index contributed by atoms with van der Waals surface area (Å²) < 4.78 is 5.92. The summed E-state index contributed by atoms with van der Waals surface area (Å²) in [4.78, 5) is 19.1. The highest BCUT2D eigenvalue weighted by molar-refractivity contribution is 9.11. The van der Waals surface area contributed by atoms with Crippen LogP contribution in [-0.2, 0) is 9.53 Å². The smallest absolute Gasteiger partial charge is 0.325 e. The molecule has 0 fully saturated rings. The molecule has 0 aliphatic heterocycles. The summed E-state index contributed by atoms with van der Waals surface area (Å²) in [5, 5.41) is 2.81. The van der Waals surface area contributed by atoms with Crippen molar-refractivity contribution in [2.75, 3.05) is 18.5 Å². The zero-order chi connectivity index (χ0) is 11.3. The van der Waals surface area contributed by atoms with Gasteiger partial charge in [-0.2, -0.15) is 0 Å². The third-order valence-electron chi connectivity index (χ3n) is 1.41. The predicted molar refractivity (Wildman–Crippen MR) is 62.6 cm³/mol. The van der Waals surface area contributed by atoms with Crippen molar-refractivity contribution in [3.63, 3.8) is 0 Å². The van der Waals surface area contributed by atoms with E-state index in [0.29, 0.717) is 21.6 Å². The zero-order valence-electron chi connectivity index (χ0n) is 7.96. The van der Waals surface area contributed by atoms with E-state index in [0.717, 1.165) is 0 Å². The first-order chi connectivity index (χ1) is 7.13. The van der Waals surface area contributed by atoms with Gasteiger partial charge in [0.1, 0.15) is 15.8 Å². The van der Waals surface area contributed by atoms with E-state index in [2.05, 4.69) is 47.1 Å². The SMILES string of the molecule is CCO[13C](=O)[13CH2]Nc1ncc(Br)nc1Br. The largest absolute Gasteiger partial charge is 0.465 e.